The van der Waals surface area contributed by atoms with Crippen LogP contribution in [0.2, 0.25) is 5.02 Å². The number of ether oxygens (including phenoxy) is 1. The van der Waals surface area contributed by atoms with Crippen molar-refractivity contribution in [3.63, 3.8) is 0 Å². The van der Waals surface area contributed by atoms with Gasteiger partial charge in [0.15, 0.2) is 0 Å². The number of methoxy groups -OCH3 is 1. The average Bonchev–Trinajstić information content (AvgIpc) is 3.17. The van der Waals surface area contributed by atoms with E-state index in [4.69, 9.17) is 11.6 Å². The van der Waals surface area contributed by atoms with E-state index in [1.54, 1.807) is 24.3 Å². The zero-order valence-corrected chi connectivity index (χ0v) is 14.2. The van der Waals surface area contributed by atoms with Crippen molar-refractivity contribution >= 4 is 29.2 Å². The first-order chi connectivity index (χ1) is 12.1. The number of carbonyl (C=O) groups excluding carboxylic acids is 2. The zero-order valence-electron chi connectivity index (χ0n) is 13.4. The Balaban J connectivity index is 1.77. The van der Waals surface area contributed by atoms with Gasteiger partial charge in [-0.3, -0.25) is 4.79 Å². The summed E-state index contributed by atoms with van der Waals surface area (Å²) in [5, 5.41) is 3.01. The first kappa shape index (κ1) is 16.8. The van der Waals surface area contributed by atoms with Crippen molar-refractivity contribution in [2.24, 2.45) is 0 Å². The number of aromatic nitrogens is 1. The van der Waals surface area contributed by atoms with E-state index >= 15 is 0 Å². The Kier molecular flexibility index (Phi) is 4.86. The number of hydrogen-bond acceptors (Lipinski definition) is 3. The molecule has 0 saturated heterocycles. The third-order valence-corrected chi connectivity index (χ3v) is 3.99. The predicted molar refractivity (Wildman–Crippen MR) is 96.5 cm³/mol. The van der Waals surface area contributed by atoms with Crippen LogP contribution in [-0.2, 0) is 4.74 Å². The molecule has 1 N–H and O–H groups in total. The summed E-state index contributed by atoms with van der Waals surface area (Å²) in [5.41, 5.74) is 2.13. The normalized spacial score (nSPS) is 10.3. The van der Waals surface area contributed by atoms with E-state index in [2.05, 4.69) is 10.1 Å². The SMILES string of the molecule is COC(=O)c1cc(NC(=O)c2ccc(-n3cccc3)cc2)ccc1Cl. The second-order valence-corrected chi connectivity index (χ2v) is 5.68. The molecule has 3 rings (SSSR count). The maximum atomic E-state index is 12.4. The fourth-order valence-corrected chi connectivity index (χ4v) is 2.56. The molecule has 25 heavy (non-hydrogen) atoms. The van der Waals surface area contributed by atoms with E-state index in [0.29, 0.717) is 11.3 Å². The molecule has 0 aliphatic rings. The quantitative estimate of drug-likeness (QED) is 0.715. The topological polar surface area (TPSA) is 60.3 Å². The van der Waals surface area contributed by atoms with Crippen molar-refractivity contribution in [1.82, 2.24) is 4.57 Å². The van der Waals surface area contributed by atoms with E-state index in [1.165, 1.54) is 13.2 Å². The van der Waals surface area contributed by atoms with Crippen LogP contribution in [0, 0.1) is 0 Å². The monoisotopic (exact) mass is 354 g/mol. The highest BCUT2D eigenvalue weighted by atomic mass is 35.5. The molecule has 6 heteroatoms. The molecule has 126 valence electrons. The van der Waals surface area contributed by atoms with E-state index in [-0.39, 0.29) is 16.5 Å². The molecule has 0 saturated carbocycles. The average molecular weight is 355 g/mol. The van der Waals surface area contributed by atoms with Crippen LogP contribution >= 0.6 is 11.6 Å². The van der Waals surface area contributed by atoms with Crippen molar-refractivity contribution < 1.29 is 14.3 Å². The first-order valence-electron chi connectivity index (χ1n) is 7.51. The van der Waals surface area contributed by atoms with Crippen LogP contribution in [0.1, 0.15) is 20.7 Å². The third-order valence-electron chi connectivity index (χ3n) is 3.66. The van der Waals surface area contributed by atoms with Crippen molar-refractivity contribution in [1.29, 1.82) is 0 Å². The lowest BCUT2D eigenvalue weighted by Crippen LogP contribution is -2.13. The highest BCUT2D eigenvalue weighted by molar-refractivity contribution is 6.33. The molecular weight excluding hydrogens is 340 g/mol. The Labute approximate surface area is 149 Å². The number of nitrogens with zero attached hydrogens (tertiary/aromatic N) is 1. The van der Waals surface area contributed by atoms with Crippen LogP contribution in [0.3, 0.4) is 0 Å². The molecule has 3 aromatic rings. The molecule has 0 spiro atoms. The van der Waals surface area contributed by atoms with Crippen molar-refractivity contribution in [2.45, 2.75) is 0 Å². The second-order valence-electron chi connectivity index (χ2n) is 5.28. The number of benzene rings is 2. The highest BCUT2D eigenvalue weighted by Crippen LogP contribution is 2.22. The van der Waals surface area contributed by atoms with Gasteiger partial charge in [-0.15, -0.1) is 0 Å². The van der Waals surface area contributed by atoms with Gasteiger partial charge in [-0.2, -0.15) is 0 Å². The van der Waals surface area contributed by atoms with Crippen LogP contribution in [0.15, 0.2) is 67.0 Å². The largest absolute Gasteiger partial charge is 0.465 e. The minimum Gasteiger partial charge on any atom is -0.465 e. The molecule has 2 aromatic carbocycles. The Morgan fingerprint density at radius 2 is 1.72 bits per heavy atom. The second kappa shape index (κ2) is 7.23. The summed E-state index contributed by atoms with van der Waals surface area (Å²) in [6, 6.07) is 15.7. The van der Waals surface area contributed by atoms with E-state index in [1.807, 2.05) is 41.2 Å². The van der Waals surface area contributed by atoms with Crippen LogP contribution in [-0.4, -0.2) is 23.6 Å². The number of rotatable bonds is 4. The smallest absolute Gasteiger partial charge is 0.339 e. The van der Waals surface area contributed by atoms with Gasteiger partial charge in [0.05, 0.1) is 17.7 Å². The number of halogens is 1. The van der Waals surface area contributed by atoms with Gasteiger partial charge >= 0.3 is 5.97 Å². The molecule has 0 radical (unpaired) electrons. The minimum atomic E-state index is -0.558. The Morgan fingerprint density at radius 3 is 2.36 bits per heavy atom. The number of amides is 1. The van der Waals surface area contributed by atoms with Gasteiger partial charge in [0.1, 0.15) is 0 Å². The standard InChI is InChI=1S/C19H15ClN2O3/c1-25-19(24)16-12-14(6-9-17(16)20)21-18(23)13-4-7-15(8-5-13)22-10-2-3-11-22/h2-12H,1H3,(H,21,23). The maximum absolute atomic E-state index is 12.4. The molecule has 1 aromatic heterocycles. The summed E-state index contributed by atoms with van der Waals surface area (Å²) < 4.78 is 6.62. The van der Waals surface area contributed by atoms with Crippen molar-refractivity contribution in [2.75, 3.05) is 12.4 Å². The summed E-state index contributed by atoms with van der Waals surface area (Å²) >= 11 is 5.97. The molecule has 0 aliphatic heterocycles. The summed E-state index contributed by atoms with van der Waals surface area (Å²) in [7, 11) is 1.27. The van der Waals surface area contributed by atoms with Crippen molar-refractivity contribution in [3.05, 3.63) is 83.1 Å². The Hall–Kier alpha value is -3.05. The van der Waals surface area contributed by atoms with Gasteiger partial charge in [0.2, 0.25) is 0 Å². The van der Waals surface area contributed by atoms with Gasteiger partial charge in [0, 0.05) is 29.3 Å². The Morgan fingerprint density at radius 1 is 1.04 bits per heavy atom. The van der Waals surface area contributed by atoms with Crippen LogP contribution in [0.5, 0.6) is 0 Å². The van der Waals surface area contributed by atoms with Crippen LogP contribution in [0.25, 0.3) is 5.69 Å². The predicted octanol–water partition coefficient (Wildman–Crippen LogP) is 4.17. The number of hydrogen-bond donors (Lipinski definition) is 1. The fourth-order valence-electron chi connectivity index (χ4n) is 2.36. The maximum Gasteiger partial charge on any atom is 0.339 e. The van der Waals surface area contributed by atoms with Crippen LogP contribution in [0.4, 0.5) is 5.69 Å². The van der Waals surface area contributed by atoms with Gasteiger partial charge < -0.3 is 14.6 Å². The summed E-state index contributed by atoms with van der Waals surface area (Å²) in [5.74, 6) is -0.839. The van der Waals surface area contributed by atoms with Gasteiger partial charge in [-0.25, -0.2) is 4.79 Å². The molecule has 0 bridgehead atoms. The zero-order chi connectivity index (χ0) is 17.8. The van der Waals surface area contributed by atoms with Crippen molar-refractivity contribution in [3.8, 4) is 5.69 Å². The van der Waals surface area contributed by atoms with Gasteiger partial charge in [-0.05, 0) is 54.6 Å². The highest BCUT2D eigenvalue weighted by Gasteiger charge is 2.13. The van der Waals surface area contributed by atoms with E-state index in [9.17, 15) is 9.59 Å². The van der Waals surface area contributed by atoms with Crippen LogP contribution < -0.4 is 5.32 Å². The number of nitrogens with one attached hydrogen (secondary N) is 1. The first-order valence-corrected chi connectivity index (χ1v) is 7.89. The number of esters is 1. The number of carbonyl (C=O) groups is 2. The van der Waals surface area contributed by atoms with Gasteiger partial charge in [0.25, 0.3) is 5.91 Å². The third kappa shape index (κ3) is 3.72. The molecule has 0 unspecified atom stereocenters. The molecular formula is C19H15ClN2O3. The fraction of sp³-hybridized carbons (Fsp3) is 0.0526. The molecule has 0 aliphatic carbocycles. The minimum absolute atomic E-state index is 0.199. The van der Waals surface area contributed by atoms with E-state index in [0.717, 1.165) is 5.69 Å². The molecule has 0 fully saturated rings. The lowest BCUT2D eigenvalue weighted by molar-refractivity contribution is 0.0600. The summed E-state index contributed by atoms with van der Waals surface area (Å²) in [6.45, 7) is 0. The summed E-state index contributed by atoms with van der Waals surface area (Å²) in [6.07, 6.45) is 3.86. The molecule has 5 nitrogen and oxygen atoms in total. The lowest BCUT2D eigenvalue weighted by Gasteiger charge is -2.09. The Bertz CT molecular complexity index is 903. The molecule has 1 heterocycles. The lowest BCUT2D eigenvalue weighted by atomic mass is 10.1. The molecule has 0 atom stereocenters. The van der Waals surface area contributed by atoms with E-state index < -0.39 is 5.97 Å². The van der Waals surface area contributed by atoms with Gasteiger partial charge in [-0.1, -0.05) is 11.6 Å². The number of anilines is 1. The molecule has 1 amide bonds. The summed E-state index contributed by atoms with van der Waals surface area (Å²) in [4.78, 5) is 24.1.